The predicted molar refractivity (Wildman–Crippen MR) is 76.6 cm³/mol. The number of carbonyl (C=O) groups is 1. The van der Waals surface area contributed by atoms with Gasteiger partial charge < -0.3 is 15.5 Å². The van der Waals surface area contributed by atoms with E-state index in [1.807, 2.05) is 19.1 Å². The average molecular weight is 266 g/mol. The number of carbonyl (C=O) groups excluding carboxylic acids is 1. The lowest BCUT2D eigenvalue weighted by molar-refractivity contribution is -0.122. The van der Waals surface area contributed by atoms with E-state index in [0.29, 0.717) is 18.9 Å². The van der Waals surface area contributed by atoms with Gasteiger partial charge in [-0.3, -0.25) is 4.79 Å². The molecule has 0 saturated heterocycles. The fraction of sp³-hybridized carbons (Fsp3) is 0.667. The standard InChI is InChI=1S/C15H26N2O2/c1-3-5-13(9-10-16)7-8-15(18)17-12(2)14-6-4-11-19-14/h4,6,11-13H,3,5,7-10,16H2,1-2H3,(H,17,18)/t12-,13?/m0/s1. The van der Waals surface area contributed by atoms with Gasteiger partial charge in [0.25, 0.3) is 0 Å². The van der Waals surface area contributed by atoms with Gasteiger partial charge in [0.1, 0.15) is 5.76 Å². The van der Waals surface area contributed by atoms with Crippen LogP contribution in [0.2, 0.25) is 0 Å². The summed E-state index contributed by atoms with van der Waals surface area (Å²) in [7, 11) is 0. The molecule has 3 N–H and O–H groups in total. The molecular weight excluding hydrogens is 240 g/mol. The van der Waals surface area contributed by atoms with Gasteiger partial charge in [0.2, 0.25) is 5.91 Å². The van der Waals surface area contributed by atoms with E-state index in [-0.39, 0.29) is 11.9 Å². The smallest absolute Gasteiger partial charge is 0.220 e. The van der Waals surface area contributed by atoms with Crippen LogP contribution in [0.3, 0.4) is 0 Å². The van der Waals surface area contributed by atoms with Gasteiger partial charge in [-0.1, -0.05) is 19.8 Å². The third-order valence-electron chi connectivity index (χ3n) is 3.40. The summed E-state index contributed by atoms with van der Waals surface area (Å²) < 4.78 is 5.27. The summed E-state index contributed by atoms with van der Waals surface area (Å²) in [5.74, 6) is 1.45. The Bertz CT molecular complexity index is 343. The van der Waals surface area contributed by atoms with Crippen molar-refractivity contribution in [3.8, 4) is 0 Å². The van der Waals surface area contributed by atoms with E-state index in [4.69, 9.17) is 10.2 Å². The van der Waals surface area contributed by atoms with Crippen molar-refractivity contribution in [2.24, 2.45) is 11.7 Å². The third-order valence-corrected chi connectivity index (χ3v) is 3.40. The van der Waals surface area contributed by atoms with Crippen LogP contribution in [0, 0.1) is 5.92 Å². The molecule has 0 radical (unpaired) electrons. The van der Waals surface area contributed by atoms with Crippen molar-refractivity contribution >= 4 is 5.91 Å². The van der Waals surface area contributed by atoms with Crippen LogP contribution >= 0.6 is 0 Å². The Morgan fingerprint density at radius 2 is 2.21 bits per heavy atom. The number of rotatable bonds is 9. The Labute approximate surface area is 115 Å². The van der Waals surface area contributed by atoms with Crippen LogP contribution in [0.4, 0.5) is 0 Å². The molecule has 1 unspecified atom stereocenters. The zero-order chi connectivity index (χ0) is 14.1. The minimum atomic E-state index is -0.0679. The first-order valence-corrected chi connectivity index (χ1v) is 7.20. The second-order valence-electron chi connectivity index (χ2n) is 5.08. The average Bonchev–Trinajstić information content (AvgIpc) is 2.90. The topological polar surface area (TPSA) is 68.3 Å². The molecule has 0 bridgehead atoms. The van der Waals surface area contributed by atoms with Crippen molar-refractivity contribution in [1.82, 2.24) is 5.32 Å². The summed E-state index contributed by atoms with van der Waals surface area (Å²) in [6.07, 6.45) is 6.41. The Hall–Kier alpha value is -1.29. The van der Waals surface area contributed by atoms with Crippen molar-refractivity contribution in [2.45, 2.75) is 52.0 Å². The normalized spacial score (nSPS) is 14.1. The minimum Gasteiger partial charge on any atom is -0.467 e. The monoisotopic (exact) mass is 266 g/mol. The lowest BCUT2D eigenvalue weighted by Crippen LogP contribution is -2.26. The maximum absolute atomic E-state index is 11.9. The van der Waals surface area contributed by atoms with Gasteiger partial charge in [-0.25, -0.2) is 0 Å². The van der Waals surface area contributed by atoms with Crippen LogP contribution in [-0.4, -0.2) is 12.5 Å². The van der Waals surface area contributed by atoms with Gasteiger partial charge in [0.05, 0.1) is 12.3 Å². The molecule has 0 fully saturated rings. The van der Waals surface area contributed by atoms with E-state index in [9.17, 15) is 4.79 Å². The van der Waals surface area contributed by atoms with Crippen LogP contribution < -0.4 is 11.1 Å². The molecule has 19 heavy (non-hydrogen) atoms. The summed E-state index contributed by atoms with van der Waals surface area (Å²) in [5, 5.41) is 2.96. The minimum absolute atomic E-state index is 0.0679. The maximum atomic E-state index is 11.9. The predicted octanol–water partition coefficient (Wildman–Crippen LogP) is 3.00. The van der Waals surface area contributed by atoms with Crippen LogP contribution in [0.15, 0.2) is 22.8 Å². The Morgan fingerprint density at radius 3 is 2.79 bits per heavy atom. The van der Waals surface area contributed by atoms with Crippen LogP contribution in [0.5, 0.6) is 0 Å². The van der Waals surface area contributed by atoms with Gasteiger partial charge in [-0.2, -0.15) is 0 Å². The number of hydrogen-bond acceptors (Lipinski definition) is 3. The quantitative estimate of drug-likeness (QED) is 0.722. The lowest BCUT2D eigenvalue weighted by Gasteiger charge is -2.16. The van der Waals surface area contributed by atoms with E-state index in [0.717, 1.165) is 31.4 Å². The van der Waals surface area contributed by atoms with Crippen molar-refractivity contribution in [3.05, 3.63) is 24.2 Å². The fourth-order valence-electron chi connectivity index (χ4n) is 2.33. The summed E-state index contributed by atoms with van der Waals surface area (Å²) in [6, 6.07) is 3.64. The fourth-order valence-corrected chi connectivity index (χ4v) is 2.33. The number of nitrogens with one attached hydrogen (secondary N) is 1. The summed E-state index contributed by atoms with van der Waals surface area (Å²) >= 11 is 0. The molecular formula is C15H26N2O2. The van der Waals surface area contributed by atoms with E-state index in [1.165, 1.54) is 0 Å². The van der Waals surface area contributed by atoms with Crippen LogP contribution in [0.1, 0.15) is 57.8 Å². The number of amides is 1. The van der Waals surface area contributed by atoms with Crippen LogP contribution in [0.25, 0.3) is 0 Å². The third kappa shape index (κ3) is 5.92. The largest absolute Gasteiger partial charge is 0.467 e. The van der Waals surface area contributed by atoms with Gasteiger partial charge >= 0.3 is 0 Å². The van der Waals surface area contributed by atoms with Crippen LogP contribution in [-0.2, 0) is 4.79 Å². The van der Waals surface area contributed by atoms with Gasteiger partial charge in [-0.15, -0.1) is 0 Å². The van der Waals surface area contributed by atoms with E-state index >= 15 is 0 Å². The summed E-state index contributed by atoms with van der Waals surface area (Å²) in [6.45, 7) is 4.80. The Balaban J connectivity index is 2.30. The number of furan rings is 1. The molecule has 0 saturated carbocycles. The molecule has 4 heteroatoms. The molecule has 1 aromatic rings. The maximum Gasteiger partial charge on any atom is 0.220 e. The van der Waals surface area contributed by atoms with Crippen molar-refractivity contribution in [1.29, 1.82) is 0 Å². The zero-order valence-electron chi connectivity index (χ0n) is 12.0. The highest BCUT2D eigenvalue weighted by molar-refractivity contribution is 5.76. The first kappa shape index (κ1) is 15.8. The van der Waals surface area contributed by atoms with Crippen molar-refractivity contribution in [2.75, 3.05) is 6.54 Å². The molecule has 108 valence electrons. The Morgan fingerprint density at radius 1 is 1.42 bits per heavy atom. The van der Waals surface area contributed by atoms with E-state index < -0.39 is 0 Å². The highest BCUT2D eigenvalue weighted by Crippen LogP contribution is 2.18. The second kappa shape index (κ2) is 8.75. The Kier molecular flexibility index (Phi) is 7.26. The SMILES string of the molecule is CCCC(CCN)CCC(=O)N[C@@H](C)c1ccco1. The summed E-state index contributed by atoms with van der Waals surface area (Å²) in [5.41, 5.74) is 5.60. The molecule has 0 aliphatic heterocycles. The molecule has 0 aliphatic rings. The summed E-state index contributed by atoms with van der Waals surface area (Å²) in [4.78, 5) is 11.9. The van der Waals surface area contributed by atoms with Gasteiger partial charge in [0.15, 0.2) is 0 Å². The molecule has 0 spiro atoms. The van der Waals surface area contributed by atoms with Gasteiger partial charge in [-0.05, 0) is 44.4 Å². The highest BCUT2D eigenvalue weighted by atomic mass is 16.3. The zero-order valence-corrected chi connectivity index (χ0v) is 12.0. The molecule has 1 heterocycles. The lowest BCUT2D eigenvalue weighted by atomic mass is 9.94. The molecule has 1 aromatic heterocycles. The molecule has 4 nitrogen and oxygen atoms in total. The molecule has 0 aliphatic carbocycles. The molecule has 0 aromatic carbocycles. The first-order valence-electron chi connectivity index (χ1n) is 7.20. The number of hydrogen-bond donors (Lipinski definition) is 2. The van der Waals surface area contributed by atoms with Gasteiger partial charge in [0, 0.05) is 6.42 Å². The number of nitrogens with two attached hydrogens (primary N) is 1. The first-order chi connectivity index (χ1) is 9.17. The van der Waals surface area contributed by atoms with E-state index in [1.54, 1.807) is 6.26 Å². The second-order valence-corrected chi connectivity index (χ2v) is 5.08. The molecule has 1 amide bonds. The van der Waals surface area contributed by atoms with Crippen molar-refractivity contribution in [3.63, 3.8) is 0 Å². The highest BCUT2D eigenvalue weighted by Gasteiger charge is 2.14. The van der Waals surface area contributed by atoms with Crippen molar-refractivity contribution < 1.29 is 9.21 Å². The molecule has 2 atom stereocenters. The molecule has 1 rings (SSSR count). The van der Waals surface area contributed by atoms with E-state index in [2.05, 4.69) is 12.2 Å².